The van der Waals surface area contributed by atoms with Gasteiger partial charge in [-0.15, -0.1) is 0 Å². The number of rotatable bonds is 8. The van der Waals surface area contributed by atoms with Crippen molar-refractivity contribution >= 4 is 22.8 Å². The van der Waals surface area contributed by atoms with Gasteiger partial charge in [-0.25, -0.2) is 4.79 Å². The van der Waals surface area contributed by atoms with Crippen molar-refractivity contribution in [1.29, 1.82) is 0 Å². The molecule has 1 amide bonds. The lowest BCUT2D eigenvalue weighted by molar-refractivity contribution is -0.308. The van der Waals surface area contributed by atoms with Crippen LogP contribution >= 0.6 is 0 Å². The predicted octanol–water partition coefficient (Wildman–Crippen LogP) is 1.09. The van der Waals surface area contributed by atoms with E-state index in [0.717, 1.165) is 42.2 Å². The highest BCUT2D eigenvalue weighted by atomic mass is 16.5. The highest BCUT2D eigenvalue weighted by Gasteiger charge is 2.20. The molecule has 1 aromatic carbocycles. The van der Waals surface area contributed by atoms with Crippen molar-refractivity contribution < 1.29 is 23.8 Å². The number of carboxylic acids is 1. The Kier molecular flexibility index (Phi) is 5.78. The quantitative estimate of drug-likeness (QED) is 0.695. The molecule has 0 fully saturated rings. The van der Waals surface area contributed by atoms with Crippen molar-refractivity contribution in [3.05, 3.63) is 39.7 Å². The molecular formula is C20H22NO6-. The van der Waals surface area contributed by atoms with Gasteiger partial charge in [-0.1, -0.05) is 19.8 Å². The SMILES string of the molecule is CCCC[C@H](NC(=O)COc1ccc2c3c(c(=O)oc2c1)CCC3)C(=O)[O-]. The van der Waals surface area contributed by atoms with Crippen LogP contribution in [0.5, 0.6) is 5.75 Å². The third kappa shape index (κ3) is 4.30. The van der Waals surface area contributed by atoms with Crippen LogP contribution in [0.1, 0.15) is 43.7 Å². The Bertz CT molecular complexity index is 917. The zero-order valence-electron chi connectivity index (χ0n) is 15.2. The van der Waals surface area contributed by atoms with Crippen molar-refractivity contribution in [2.75, 3.05) is 6.61 Å². The molecule has 1 atom stereocenters. The number of amides is 1. The van der Waals surface area contributed by atoms with Crippen LogP contribution in [0.25, 0.3) is 11.0 Å². The standard InChI is InChI=1S/C20H23NO6/c1-2-3-7-16(19(23)24)21-18(22)11-26-12-8-9-14-13-5-4-6-15(13)20(25)27-17(14)10-12/h8-10,16H,2-7,11H2,1H3,(H,21,22)(H,23,24)/p-1/t16-/m0/s1. The number of ether oxygens (including phenoxy) is 1. The van der Waals surface area contributed by atoms with E-state index < -0.39 is 17.9 Å². The van der Waals surface area contributed by atoms with Crippen LogP contribution in [0.2, 0.25) is 0 Å². The number of carbonyl (C=O) groups excluding carboxylic acids is 2. The van der Waals surface area contributed by atoms with Gasteiger partial charge in [0.15, 0.2) is 6.61 Å². The number of aliphatic carboxylic acids is 1. The maximum Gasteiger partial charge on any atom is 0.339 e. The van der Waals surface area contributed by atoms with Crippen LogP contribution < -0.4 is 20.8 Å². The van der Waals surface area contributed by atoms with E-state index in [1.165, 1.54) is 0 Å². The van der Waals surface area contributed by atoms with Crippen molar-refractivity contribution in [3.63, 3.8) is 0 Å². The van der Waals surface area contributed by atoms with E-state index in [1.807, 2.05) is 13.0 Å². The van der Waals surface area contributed by atoms with Crippen molar-refractivity contribution in [1.82, 2.24) is 5.32 Å². The first-order valence-corrected chi connectivity index (χ1v) is 9.21. The Morgan fingerprint density at radius 2 is 2.07 bits per heavy atom. The van der Waals surface area contributed by atoms with Crippen molar-refractivity contribution in [2.45, 2.75) is 51.5 Å². The fourth-order valence-corrected chi connectivity index (χ4v) is 3.40. The molecule has 1 aliphatic rings. The van der Waals surface area contributed by atoms with Crippen LogP contribution in [0.15, 0.2) is 27.4 Å². The number of hydrogen-bond donors (Lipinski definition) is 1. The lowest BCUT2D eigenvalue weighted by Crippen LogP contribution is -2.49. The van der Waals surface area contributed by atoms with Crippen molar-refractivity contribution in [2.24, 2.45) is 0 Å². The van der Waals surface area contributed by atoms with Gasteiger partial charge in [0.2, 0.25) is 0 Å². The smallest absolute Gasteiger partial charge is 0.339 e. The Hall–Kier alpha value is -2.83. The molecule has 0 saturated carbocycles. The summed E-state index contributed by atoms with van der Waals surface area (Å²) in [4.78, 5) is 35.1. The molecule has 2 aromatic rings. The summed E-state index contributed by atoms with van der Waals surface area (Å²) in [5.41, 5.74) is 1.88. The number of benzene rings is 1. The Balaban J connectivity index is 1.66. The molecule has 0 spiro atoms. The average molecular weight is 372 g/mol. The second-order valence-corrected chi connectivity index (χ2v) is 6.73. The van der Waals surface area contributed by atoms with Gasteiger partial charge in [0, 0.05) is 17.0 Å². The molecule has 0 saturated heterocycles. The Morgan fingerprint density at radius 3 is 2.81 bits per heavy atom. The van der Waals surface area contributed by atoms with E-state index in [0.29, 0.717) is 24.2 Å². The minimum absolute atomic E-state index is 0.316. The Morgan fingerprint density at radius 1 is 1.30 bits per heavy atom. The lowest BCUT2D eigenvalue weighted by Gasteiger charge is -2.19. The van der Waals surface area contributed by atoms with Gasteiger partial charge in [-0.2, -0.15) is 0 Å². The summed E-state index contributed by atoms with van der Waals surface area (Å²) in [6.45, 7) is 1.60. The van der Waals surface area contributed by atoms with E-state index in [2.05, 4.69) is 5.32 Å². The molecule has 1 N–H and O–H groups in total. The van der Waals surface area contributed by atoms with Crippen LogP contribution in [-0.2, 0) is 22.4 Å². The molecule has 1 heterocycles. The number of aryl methyl sites for hydroxylation is 1. The summed E-state index contributed by atoms with van der Waals surface area (Å²) >= 11 is 0. The van der Waals surface area contributed by atoms with Crippen LogP contribution in [-0.4, -0.2) is 24.5 Å². The van der Waals surface area contributed by atoms with E-state index in [4.69, 9.17) is 9.15 Å². The van der Waals surface area contributed by atoms with Gasteiger partial charge in [0.1, 0.15) is 11.3 Å². The number of carboxylic acid groups (broad SMARTS) is 1. The third-order valence-corrected chi connectivity index (χ3v) is 4.78. The molecule has 7 nitrogen and oxygen atoms in total. The first kappa shape index (κ1) is 18.9. The van der Waals surface area contributed by atoms with E-state index in [9.17, 15) is 19.5 Å². The average Bonchev–Trinajstić information content (AvgIpc) is 3.13. The lowest BCUT2D eigenvalue weighted by atomic mass is 10.1. The molecular weight excluding hydrogens is 350 g/mol. The van der Waals surface area contributed by atoms with Gasteiger partial charge in [0.05, 0.1) is 12.0 Å². The molecule has 0 unspecified atom stereocenters. The predicted molar refractivity (Wildman–Crippen MR) is 96.5 cm³/mol. The molecule has 1 aromatic heterocycles. The highest BCUT2D eigenvalue weighted by molar-refractivity contribution is 5.84. The summed E-state index contributed by atoms with van der Waals surface area (Å²) in [5, 5.41) is 14.4. The second-order valence-electron chi connectivity index (χ2n) is 6.73. The van der Waals surface area contributed by atoms with Gasteiger partial charge in [-0.05, 0) is 43.4 Å². The minimum Gasteiger partial charge on any atom is -0.548 e. The summed E-state index contributed by atoms with van der Waals surface area (Å²) in [6.07, 6.45) is 4.34. The monoisotopic (exact) mass is 372 g/mol. The maximum absolute atomic E-state index is 12.0. The van der Waals surface area contributed by atoms with Gasteiger partial charge >= 0.3 is 5.63 Å². The van der Waals surface area contributed by atoms with E-state index >= 15 is 0 Å². The Labute approximate surface area is 156 Å². The molecule has 27 heavy (non-hydrogen) atoms. The summed E-state index contributed by atoms with van der Waals surface area (Å²) in [6, 6.07) is 4.08. The number of hydrogen-bond acceptors (Lipinski definition) is 6. The molecule has 3 rings (SSSR count). The fraction of sp³-hybridized carbons (Fsp3) is 0.450. The fourth-order valence-electron chi connectivity index (χ4n) is 3.40. The highest BCUT2D eigenvalue weighted by Crippen LogP contribution is 2.29. The number of unbranched alkanes of at least 4 members (excludes halogenated alkanes) is 1. The molecule has 144 valence electrons. The summed E-state index contributed by atoms with van der Waals surface area (Å²) in [7, 11) is 0. The first-order chi connectivity index (χ1) is 13.0. The molecule has 0 aliphatic heterocycles. The second kappa shape index (κ2) is 8.24. The third-order valence-electron chi connectivity index (χ3n) is 4.78. The largest absolute Gasteiger partial charge is 0.548 e. The molecule has 7 heteroatoms. The van der Waals surface area contributed by atoms with Gasteiger partial charge in [0.25, 0.3) is 5.91 Å². The number of fused-ring (bicyclic) bond motifs is 3. The number of nitrogens with one attached hydrogen (secondary N) is 1. The molecule has 0 bridgehead atoms. The van der Waals surface area contributed by atoms with Gasteiger partial charge < -0.3 is 24.4 Å². The van der Waals surface area contributed by atoms with Crippen molar-refractivity contribution in [3.8, 4) is 5.75 Å². The van der Waals surface area contributed by atoms with Gasteiger partial charge in [-0.3, -0.25) is 4.79 Å². The van der Waals surface area contributed by atoms with E-state index in [1.54, 1.807) is 12.1 Å². The molecule has 0 radical (unpaired) electrons. The van der Waals surface area contributed by atoms with Crippen LogP contribution in [0.4, 0.5) is 0 Å². The zero-order valence-corrected chi connectivity index (χ0v) is 15.2. The molecule has 1 aliphatic carbocycles. The number of carbonyl (C=O) groups is 2. The first-order valence-electron chi connectivity index (χ1n) is 9.21. The maximum atomic E-state index is 12.0. The zero-order chi connectivity index (χ0) is 19.4. The summed E-state index contributed by atoms with van der Waals surface area (Å²) in [5.74, 6) is -1.48. The summed E-state index contributed by atoms with van der Waals surface area (Å²) < 4.78 is 10.8. The van der Waals surface area contributed by atoms with E-state index in [-0.39, 0.29) is 12.2 Å². The van der Waals surface area contributed by atoms with Crippen LogP contribution in [0.3, 0.4) is 0 Å². The van der Waals surface area contributed by atoms with Crippen LogP contribution in [0, 0.1) is 0 Å². The minimum atomic E-state index is -1.31. The normalized spacial score (nSPS) is 14.0. The topological polar surface area (TPSA) is 109 Å².